The SMILES string of the molecule is O=C(C1CCc2ccccc2O1)N1CC(Cn2ccnn2)C1. The number of carbonyl (C=O) groups excluding carboxylic acids is 1. The Kier molecular flexibility index (Phi) is 3.29. The molecule has 1 aromatic carbocycles. The average molecular weight is 298 g/mol. The Morgan fingerprint density at radius 2 is 2.18 bits per heavy atom. The molecule has 6 heteroatoms. The lowest BCUT2D eigenvalue weighted by atomic mass is 9.96. The zero-order valence-electron chi connectivity index (χ0n) is 12.3. The lowest BCUT2D eigenvalue weighted by molar-refractivity contribution is -0.146. The maximum Gasteiger partial charge on any atom is 0.263 e. The number of amides is 1. The first-order chi connectivity index (χ1) is 10.8. The van der Waals surface area contributed by atoms with Gasteiger partial charge in [-0.15, -0.1) is 5.10 Å². The smallest absolute Gasteiger partial charge is 0.263 e. The van der Waals surface area contributed by atoms with Crippen LogP contribution in [0.25, 0.3) is 0 Å². The Balaban J connectivity index is 1.33. The summed E-state index contributed by atoms with van der Waals surface area (Å²) in [6.45, 7) is 2.37. The van der Waals surface area contributed by atoms with Gasteiger partial charge < -0.3 is 9.64 Å². The number of ether oxygens (including phenoxy) is 1. The number of aryl methyl sites for hydroxylation is 1. The van der Waals surface area contributed by atoms with Crippen LogP contribution in [-0.2, 0) is 17.8 Å². The summed E-state index contributed by atoms with van der Waals surface area (Å²) in [4.78, 5) is 14.4. The fourth-order valence-electron chi connectivity index (χ4n) is 3.16. The molecule has 0 radical (unpaired) electrons. The molecule has 0 N–H and O–H groups in total. The Bertz CT molecular complexity index is 665. The predicted molar refractivity (Wildman–Crippen MR) is 79.3 cm³/mol. The van der Waals surface area contributed by atoms with E-state index in [2.05, 4.69) is 16.4 Å². The van der Waals surface area contributed by atoms with E-state index in [1.807, 2.05) is 34.0 Å². The summed E-state index contributed by atoms with van der Waals surface area (Å²) in [5, 5.41) is 7.76. The molecule has 1 amide bonds. The number of nitrogens with zero attached hydrogens (tertiary/aromatic N) is 4. The lowest BCUT2D eigenvalue weighted by Crippen LogP contribution is -2.55. The Labute approximate surface area is 128 Å². The van der Waals surface area contributed by atoms with Crippen molar-refractivity contribution in [1.82, 2.24) is 19.9 Å². The van der Waals surface area contributed by atoms with Gasteiger partial charge >= 0.3 is 0 Å². The highest BCUT2D eigenvalue weighted by Gasteiger charge is 2.36. The van der Waals surface area contributed by atoms with Gasteiger partial charge in [-0.25, -0.2) is 0 Å². The minimum Gasteiger partial charge on any atom is -0.480 e. The van der Waals surface area contributed by atoms with Gasteiger partial charge in [0.1, 0.15) is 5.75 Å². The summed E-state index contributed by atoms with van der Waals surface area (Å²) >= 11 is 0. The molecule has 4 rings (SSSR count). The third kappa shape index (κ3) is 2.45. The molecule has 2 aliphatic heterocycles. The van der Waals surface area contributed by atoms with Gasteiger partial charge in [-0.1, -0.05) is 23.4 Å². The van der Waals surface area contributed by atoms with E-state index in [1.54, 1.807) is 6.20 Å². The summed E-state index contributed by atoms with van der Waals surface area (Å²) in [7, 11) is 0. The summed E-state index contributed by atoms with van der Waals surface area (Å²) in [5.74, 6) is 1.43. The zero-order valence-corrected chi connectivity index (χ0v) is 12.3. The Morgan fingerprint density at radius 1 is 1.32 bits per heavy atom. The van der Waals surface area contributed by atoms with Crippen molar-refractivity contribution in [3.8, 4) is 5.75 Å². The Hall–Kier alpha value is -2.37. The third-order valence-electron chi connectivity index (χ3n) is 4.38. The molecule has 1 unspecified atom stereocenters. The van der Waals surface area contributed by atoms with Gasteiger partial charge in [0.15, 0.2) is 6.10 Å². The van der Waals surface area contributed by atoms with Gasteiger partial charge in [0.05, 0.1) is 6.20 Å². The van der Waals surface area contributed by atoms with E-state index in [-0.39, 0.29) is 12.0 Å². The van der Waals surface area contributed by atoms with Crippen molar-refractivity contribution < 1.29 is 9.53 Å². The number of likely N-dealkylation sites (tertiary alicyclic amines) is 1. The summed E-state index contributed by atoms with van der Waals surface area (Å²) in [6, 6.07) is 7.96. The highest BCUT2D eigenvalue weighted by Crippen LogP contribution is 2.29. The fraction of sp³-hybridized carbons (Fsp3) is 0.438. The minimum atomic E-state index is -0.331. The van der Waals surface area contributed by atoms with Crippen LogP contribution in [0.5, 0.6) is 5.75 Å². The lowest BCUT2D eigenvalue weighted by Gasteiger charge is -2.41. The van der Waals surface area contributed by atoms with E-state index in [9.17, 15) is 4.79 Å². The van der Waals surface area contributed by atoms with Crippen LogP contribution in [0.15, 0.2) is 36.7 Å². The van der Waals surface area contributed by atoms with Gasteiger partial charge in [0.2, 0.25) is 0 Å². The van der Waals surface area contributed by atoms with Crippen molar-refractivity contribution >= 4 is 5.91 Å². The molecule has 2 aromatic rings. The van der Waals surface area contributed by atoms with Crippen molar-refractivity contribution in [1.29, 1.82) is 0 Å². The monoisotopic (exact) mass is 298 g/mol. The number of benzene rings is 1. The first-order valence-electron chi connectivity index (χ1n) is 7.67. The molecule has 1 aromatic heterocycles. The van der Waals surface area contributed by atoms with Crippen molar-refractivity contribution in [2.24, 2.45) is 5.92 Å². The van der Waals surface area contributed by atoms with E-state index < -0.39 is 0 Å². The molecule has 1 saturated heterocycles. The van der Waals surface area contributed by atoms with E-state index in [0.29, 0.717) is 5.92 Å². The molecular weight excluding hydrogens is 280 g/mol. The molecule has 2 aliphatic rings. The molecule has 1 atom stereocenters. The fourth-order valence-corrected chi connectivity index (χ4v) is 3.16. The minimum absolute atomic E-state index is 0.115. The molecule has 0 aliphatic carbocycles. The Morgan fingerprint density at radius 3 is 3.00 bits per heavy atom. The molecule has 1 fully saturated rings. The van der Waals surface area contributed by atoms with Crippen LogP contribution in [0.1, 0.15) is 12.0 Å². The van der Waals surface area contributed by atoms with Crippen LogP contribution in [0.2, 0.25) is 0 Å². The van der Waals surface area contributed by atoms with Crippen LogP contribution in [0.4, 0.5) is 0 Å². The molecule has 22 heavy (non-hydrogen) atoms. The molecule has 3 heterocycles. The standard InChI is InChI=1S/C16H18N4O2/c21-16(15-6-5-13-3-1-2-4-14(13)22-15)19-9-12(10-19)11-20-8-7-17-18-20/h1-4,7-8,12,15H,5-6,9-11H2. The molecule has 0 spiro atoms. The van der Waals surface area contributed by atoms with Gasteiger partial charge in [-0.3, -0.25) is 9.48 Å². The molecule has 0 bridgehead atoms. The first-order valence-corrected chi connectivity index (χ1v) is 7.67. The number of aromatic nitrogens is 3. The second-order valence-electron chi connectivity index (χ2n) is 5.99. The van der Waals surface area contributed by atoms with Crippen molar-refractivity contribution in [3.63, 3.8) is 0 Å². The van der Waals surface area contributed by atoms with E-state index in [4.69, 9.17) is 4.74 Å². The van der Waals surface area contributed by atoms with Crippen LogP contribution in [0.3, 0.4) is 0 Å². The maximum absolute atomic E-state index is 12.5. The number of carbonyl (C=O) groups is 1. The normalized spacial score (nSPS) is 20.9. The molecule has 114 valence electrons. The zero-order chi connectivity index (χ0) is 14.9. The van der Waals surface area contributed by atoms with Crippen molar-refractivity contribution in [2.75, 3.05) is 13.1 Å². The third-order valence-corrected chi connectivity index (χ3v) is 4.38. The van der Waals surface area contributed by atoms with E-state index in [1.165, 1.54) is 5.56 Å². The van der Waals surface area contributed by atoms with Gasteiger partial charge in [-0.05, 0) is 24.5 Å². The highest BCUT2D eigenvalue weighted by molar-refractivity contribution is 5.82. The van der Waals surface area contributed by atoms with Gasteiger partial charge in [0, 0.05) is 31.7 Å². The maximum atomic E-state index is 12.5. The number of hydrogen-bond donors (Lipinski definition) is 0. The number of fused-ring (bicyclic) bond motifs is 1. The number of para-hydroxylation sites is 1. The first kappa shape index (κ1) is 13.3. The second kappa shape index (κ2) is 5.44. The van der Waals surface area contributed by atoms with Gasteiger partial charge in [-0.2, -0.15) is 0 Å². The van der Waals surface area contributed by atoms with E-state index in [0.717, 1.165) is 38.2 Å². The molecule has 0 saturated carbocycles. The highest BCUT2D eigenvalue weighted by atomic mass is 16.5. The van der Waals surface area contributed by atoms with Crippen LogP contribution >= 0.6 is 0 Å². The largest absolute Gasteiger partial charge is 0.480 e. The predicted octanol–water partition coefficient (Wildman–Crippen LogP) is 1.13. The second-order valence-corrected chi connectivity index (χ2v) is 5.99. The van der Waals surface area contributed by atoms with Crippen molar-refractivity contribution in [3.05, 3.63) is 42.2 Å². The topological polar surface area (TPSA) is 60.2 Å². The summed E-state index contributed by atoms with van der Waals surface area (Å²) < 4.78 is 7.69. The summed E-state index contributed by atoms with van der Waals surface area (Å²) in [6.07, 6.45) is 4.87. The number of hydrogen-bond acceptors (Lipinski definition) is 4. The van der Waals surface area contributed by atoms with Crippen LogP contribution in [0, 0.1) is 5.92 Å². The van der Waals surface area contributed by atoms with Gasteiger partial charge in [0.25, 0.3) is 5.91 Å². The van der Waals surface area contributed by atoms with Crippen molar-refractivity contribution in [2.45, 2.75) is 25.5 Å². The summed E-state index contributed by atoms with van der Waals surface area (Å²) in [5.41, 5.74) is 1.19. The molecule has 6 nitrogen and oxygen atoms in total. The van der Waals surface area contributed by atoms with Crippen LogP contribution < -0.4 is 4.74 Å². The number of rotatable bonds is 3. The average Bonchev–Trinajstić information content (AvgIpc) is 3.02. The van der Waals surface area contributed by atoms with E-state index >= 15 is 0 Å². The quantitative estimate of drug-likeness (QED) is 0.852. The molecular formula is C16H18N4O2. The van der Waals surface area contributed by atoms with Crippen LogP contribution in [-0.4, -0.2) is 45.0 Å².